The summed E-state index contributed by atoms with van der Waals surface area (Å²) < 4.78 is 1.34. The second-order valence-electron chi connectivity index (χ2n) is 3.69. The Kier molecular flexibility index (Phi) is 40.0. The smallest absolute Gasteiger partial charge is 0.870 e. The van der Waals surface area contributed by atoms with E-state index in [0.29, 0.717) is 14.3 Å². The maximum Gasteiger partial charge on any atom is 1.00 e. The number of rotatable bonds is 0. The Morgan fingerprint density at radius 1 is 0.500 bits per heavy atom. The summed E-state index contributed by atoms with van der Waals surface area (Å²) in [5, 5.41) is 0.500. The number of nitrogens with one attached hydrogen (secondary N) is 3. The molecule has 0 fully saturated rings. The van der Waals surface area contributed by atoms with Crippen LogP contribution < -0.4 is 206 Å². The van der Waals surface area contributed by atoms with Gasteiger partial charge in [-0.25, -0.2) is 0 Å². The van der Waals surface area contributed by atoms with Crippen LogP contribution in [0.15, 0.2) is 15.5 Å². The standard InChI is InChI=1S/C3Cl3N3.2C3H3N3S3.4K.H2O/c4-1-7-2(5)9-3(6)8-1;2*7-1-4-2(8)6-3(9)5-1;;;;;/h;2*(H3,4,5,6,7,8,9);;;;;1H2/q;;;4*+1;/p-4. The van der Waals surface area contributed by atoms with E-state index in [0.717, 1.165) is 0 Å². The van der Waals surface area contributed by atoms with Gasteiger partial charge in [-0.2, -0.15) is 15.0 Å². The van der Waals surface area contributed by atoms with Gasteiger partial charge in [0.05, 0.1) is 0 Å². The molecule has 0 unspecified atom stereocenters. The second kappa shape index (κ2) is 26.9. The fraction of sp³-hybridized carbons (Fsp3) is 0. The first-order valence-corrected chi connectivity index (χ1v) is 9.56. The molecule has 0 aliphatic carbocycles. The van der Waals surface area contributed by atoms with E-state index in [1.54, 1.807) is 0 Å². The fourth-order valence-corrected chi connectivity index (χ4v) is 3.14. The van der Waals surface area contributed by atoms with E-state index >= 15 is 0 Å². The summed E-state index contributed by atoms with van der Waals surface area (Å²) in [5.41, 5.74) is 0. The summed E-state index contributed by atoms with van der Waals surface area (Å²) in [6.45, 7) is 0. The first kappa shape index (κ1) is 47.5. The third-order valence-electron chi connectivity index (χ3n) is 1.81. The molecule has 152 valence electrons. The average Bonchev–Trinajstić information content (AvgIpc) is 2.43. The Morgan fingerprint density at radius 2 is 0.688 bits per heavy atom. The molecule has 0 aliphatic heterocycles. The molecular weight excluding hydrogens is 705 g/mol. The third-order valence-corrected chi connectivity index (χ3v) is 3.48. The summed E-state index contributed by atoms with van der Waals surface area (Å²) in [4.78, 5) is 29.1. The van der Waals surface area contributed by atoms with Crippen molar-refractivity contribution in [1.82, 2.24) is 44.9 Å². The molecule has 3 rings (SSSR count). The predicted octanol–water partition coefficient (Wildman–Crippen LogP) is -8.88. The van der Waals surface area contributed by atoms with Gasteiger partial charge < -0.3 is 58.3 Å². The minimum atomic E-state index is 0. The van der Waals surface area contributed by atoms with Crippen LogP contribution in [0.4, 0.5) is 0 Å². The van der Waals surface area contributed by atoms with Gasteiger partial charge in [-0.1, -0.05) is 0 Å². The van der Waals surface area contributed by atoms with Gasteiger partial charge in [0.1, 0.15) is 0 Å². The van der Waals surface area contributed by atoms with Crippen LogP contribution in [-0.4, -0.2) is 50.3 Å². The molecule has 0 spiro atoms. The third kappa shape index (κ3) is 24.7. The Morgan fingerprint density at radius 3 is 0.875 bits per heavy atom. The van der Waals surface area contributed by atoms with Gasteiger partial charge in [-0.05, 0) is 71.5 Å². The maximum absolute atomic E-state index is 5.32. The molecule has 0 saturated carbocycles. The molecule has 0 aliphatic rings. The van der Waals surface area contributed by atoms with E-state index in [1.165, 1.54) is 0 Å². The molecule has 10 nitrogen and oxygen atoms in total. The van der Waals surface area contributed by atoms with Crippen LogP contribution in [0.1, 0.15) is 0 Å². The molecule has 3 aromatic rings. The van der Waals surface area contributed by atoms with Gasteiger partial charge >= 0.3 is 206 Å². The number of H-pyrrole nitrogens is 3. The van der Waals surface area contributed by atoms with Crippen LogP contribution in [0.25, 0.3) is 0 Å². The molecule has 3 aromatic heterocycles. The Bertz CT molecular complexity index is 878. The second-order valence-corrected chi connectivity index (χ2v) is 7.02. The zero-order valence-corrected chi connectivity index (χ0v) is 36.4. The topological polar surface area (TPSA) is 155 Å². The molecule has 4 N–H and O–H groups in total. The van der Waals surface area contributed by atoms with Crippen LogP contribution in [0.2, 0.25) is 15.9 Å². The molecule has 32 heavy (non-hydrogen) atoms. The van der Waals surface area contributed by atoms with Crippen molar-refractivity contribution in [1.29, 1.82) is 0 Å². The van der Waals surface area contributed by atoms with Crippen molar-refractivity contribution in [3.8, 4) is 0 Å². The largest absolute Gasteiger partial charge is 1.00 e. The van der Waals surface area contributed by atoms with E-state index in [9.17, 15) is 0 Å². The average molecular weight is 709 g/mol. The summed E-state index contributed by atoms with van der Waals surface area (Å²) in [6.07, 6.45) is 0. The first-order valence-electron chi connectivity index (χ1n) is 5.97. The zero-order valence-electron chi connectivity index (χ0n) is 16.7. The quantitative estimate of drug-likeness (QED) is 0.115. The number of aromatic nitrogens is 9. The van der Waals surface area contributed by atoms with Gasteiger partial charge in [0.2, 0.25) is 15.9 Å². The number of aromatic amines is 3. The first-order chi connectivity index (χ1) is 12.5. The SMILES string of the molecule is Clc1nc(Cl)nc(Cl)n1.S=c1[nH]c(=S)[nH]c(=S)[nH]1.[K+].[K+].[K+].[K+].[OH-].[S-]c1nc([S-])nc([S-])n1. The van der Waals surface area contributed by atoms with Gasteiger partial charge in [-0.3, -0.25) is 15.0 Å². The molecule has 0 radical (unpaired) electrons. The van der Waals surface area contributed by atoms with Crippen molar-refractivity contribution in [3.63, 3.8) is 0 Å². The van der Waals surface area contributed by atoms with Gasteiger partial charge in [0.25, 0.3) is 0 Å². The summed E-state index contributed by atoms with van der Waals surface area (Å²) >= 11 is 43.9. The van der Waals surface area contributed by atoms with Crippen LogP contribution in [0, 0.1) is 14.3 Å². The number of nitrogens with zero attached hydrogens (tertiary/aromatic N) is 6. The van der Waals surface area contributed by atoms with Crippen molar-refractivity contribution in [2.75, 3.05) is 0 Å². The predicted molar refractivity (Wildman–Crippen MR) is 116 cm³/mol. The monoisotopic (exact) mass is 707 g/mol. The van der Waals surface area contributed by atoms with Crippen molar-refractivity contribution >= 4 is 109 Å². The van der Waals surface area contributed by atoms with Crippen LogP contribution >= 0.6 is 71.5 Å². The van der Waals surface area contributed by atoms with Crippen LogP contribution in [-0.2, 0) is 37.9 Å². The van der Waals surface area contributed by atoms with E-state index in [-0.39, 0.29) is 242 Å². The molecule has 23 heteroatoms. The molecular formula is C9H4Cl3K4N9OS6. The molecule has 0 bridgehead atoms. The fourth-order valence-electron chi connectivity index (χ4n) is 1.03. The van der Waals surface area contributed by atoms with E-state index in [4.69, 9.17) is 71.5 Å². The summed E-state index contributed by atoms with van der Waals surface area (Å²) in [5.74, 6) is 0. The van der Waals surface area contributed by atoms with E-state index in [2.05, 4.69) is 82.7 Å². The summed E-state index contributed by atoms with van der Waals surface area (Å²) in [6, 6.07) is 0. The maximum atomic E-state index is 5.32. The minimum Gasteiger partial charge on any atom is -0.870 e. The van der Waals surface area contributed by atoms with Crippen molar-refractivity contribution < 1.29 is 211 Å². The number of halogens is 3. The molecule has 0 amide bonds. The van der Waals surface area contributed by atoms with Gasteiger partial charge in [0, 0.05) is 15.5 Å². The Labute approximate surface area is 399 Å². The van der Waals surface area contributed by atoms with Crippen molar-refractivity contribution in [2.24, 2.45) is 0 Å². The molecule has 0 saturated heterocycles. The Balaban J connectivity index is -0.000000106. The van der Waals surface area contributed by atoms with Crippen LogP contribution in [0.5, 0.6) is 0 Å². The van der Waals surface area contributed by atoms with Gasteiger partial charge in [0.15, 0.2) is 14.3 Å². The van der Waals surface area contributed by atoms with Crippen LogP contribution in [0.3, 0.4) is 0 Å². The Hall–Kier alpha value is 5.73. The molecule has 0 aromatic carbocycles. The van der Waals surface area contributed by atoms with E-state index in [1.807, 2.05) is 0 Å². The van der Waals surface area contributed by atoms with Crippen molar-refractivity contribution in [3.05, 3.63) is 30.2 Å². The van der Waals surface area contributed by atoms with E-state index < -0.39 is 0 Å². The van der Waals surface area contributed by atoms with Gasteiger partial charge in [-0.15, -0.1) is 0 Å². The number of hydrogen-bond donors (Lipinski definition) is 3. The number of hydrogen-bond acceptors (Lipinski definition) is 13. The van der Waals surface area contributed by atoms with Crippen molar-refractivity contribution in [2.45, 2.75) is 15.5 Å². The summed E-state index contributed by atoms with van der Waals surface area (Å²) in [7, 11) is 0. The normalized spacial score (nSPS) is 7.97. The minimum absolute atomic E-state index is 0. The zero-order chi connectivity index (χ0) is 20.6. The molecule has 3 heterocycles. The molecule has 0 atom stereocenters.